The van der Waals surface area contributed by atoms with Crippen LogP contribution in [0.25, 0.3) is 0 Å². The number of hydrogen-bond acceptors (Lipinski definition) is 8. The van der Waals surface area contributed by atoms with Crippen molar-refractivity contribution in [2.24, 2.45) is 5.92 Å². The number of carbonyl (C=O) groups is 3. The Kier molecular flexibility index (Phi) is 7.29. The van der Waals surface area contributed by atoms with E-state index in [2.05, 4.69) is 4.98 Å². The van der Waals surface area contributed by atoms with Gasteiger partial charge in [0.05, 0.1) is 0 Å². The number of phenolic OH excluding ortho intramolecular Hbond substituents is 2. The summed E-state index contributed by atoms with van der Waals surface area (Å²) in [4.78, 5) is 43.2. The van der Waals surface area contributed by atoms with E-state index in [4.69, 9.17) is 0 Å². The summed E-state index contributed by atoms with van der Waals surface area (Å²) < 4.78 is 0. The van der Waals surface area contributed by atoms with E-state index >= 15 is 0 Å². The monoisotopic (exact) mass is 444 g/mol. The molecule has 1 aromatic carbocycles. The SMILES string of the molecule is CC(CC(=O)C(O)Cc1ccc(O)c(O)c1)C(=O)N1CCC1C(=O)Sc1ccccn1. The molecular weight excluding hydrogens is 420 g/mol. The average molecular weight is 445 g/mol. The van der Waals surface area contributed by atoms with Gasteiger partial charge in [0.2, 0.25) is 11.0 Å². The number of aliphatic hydroxyl groups is 1. The number of aromatic hydroxyl groups is 2. The van der Waals surface area contributed by atoms with Gasteiger partial charge in [0, 0.05) is 31.5 Å². The molecule has 1 saturated heterocycles. The number of thioether (sulfide) groups is 1. The molecule has 9 heteroatoms. The number of amides is 1. The zero-order valence-electron chi connectivity index (χ0n) is 17.0. The lowest BCUT2D eigenvalue weighted by Crippen LogP contribution is -2.56. The van der Waals surface area contributed by atoms with Crippen LogP contribution in [-0.4, -0.2) is 60.7 Å². The molecule has 3 rings (SSSR count). The lowest BCUT2D eigenvalue weighted by molar-refractivity contribution is -0.148. The van der Waals surface area contributed by atoms with E-state index in [9.17, 15) is 29.7 Å². The molecule has 0 radical (unpaired) electrons. The van der Waals surface area contributed by atoms with E-state index < -0.39 is 23.8 Å². The predicted molar refractivity (Wildman–Crippen MR) is 113 cm³/mol. The van der Waals surface area contributed by atoms with E-state index in [0.717, 1.165) is 11.8 Å². The van der Waals surface area contributed by atoms with Crippen molar-refractivity contribution in [3.8, 4) is 11.5 Å². The predicted octanol–water partition coefficient (Wildman–Crippen LogP) is 1.91. The molecule has 0 bridgehead atoms. The zero-order valence-corrected chi connectivity index (χ0v) is 17.8. The summed E-state index contributed by atoms with van der Waals surface area (Å²) >= 11 is 0.993. The van der Waals surface area contributed by atoms with Gasteiger partial charge in [0.15, 0.2) is 17.3 Å². The summed E-state index contributed by atoms with van der Waals surface area (Å²) in [6, 6.07) is 8.77. The summed E-state index contributed by atoms with van der Waals surface area (Å²) in [5, 5.41) is 29.5. The van der Waals surface area contributed by atoms with Gasteiger partial charge in [-0.05, 0) is 48.0 Å². The second kappa shape index (κ2) is 9.93. The van der Waals surface area contributed by atoms with Gasteiger partial charge in [0.1, 0.15) is 17.2 Å². The summed E-state index contributed by atoms with van der Waals surface area (Å²) in [7, 11) is 0. The zero-order chi connectivity index (χ0) is 22.5. The van der Waals surface area contributed by atoms with Gasteiger partial charge < -0.3 is 20.2 Å². The number of aliphatic hydroxyl groups excluding tert-OH is 1. The summed E-state index contributed by atoms with van der Waals surface area (Å²) in [6.07, 6.45) is 0.622. The smallest absolute Gasteiger partial charge is 0.226 e. The van der Waals surface area contributed by atoms with Gasteiger partial charge >= 0.3 is 0 Å². The van der Waals surface area contributed by atoms with Gasteiger partial charge in [-0.2, -0.15) is 0 Å². The molecule has 1 aliphatic heterocycles. The first-order chi connectivity index (χ1) is 14.8. The van der Waals surface area contributed by atoms with Crippen LogP contribution < -0.4 is 0 Å². The van der Waals surface area contributed by atoms with E-state index in [1.807, 2.05) is 0 Å². The Hall–Kier alpha value is -2.91. The van der Waals surface area contributed by atoms with Crippen molar-refractivity contribution in [1.82, 2.24) is 9.88 Å². The molecule has 3 atom stereocenters. The van der Waals surface area contributed by atoms with Crippen LogP contribution in [0.4, 0.5) is 0 Å². The molecule has 31 heavy (non-hydrogen) atoms. The van der Waals surface area contributed by atoms with Gasteiger partial charge in [-0.15, -0.1) is 0 Å². The third-order valence-electron chi connectivity index (χ3n) is 5.19. The average Bonchev–Trinajstić information content (AvgIpc) is 2.70. The van der Waals surface area contributed by atoms with Crippen LogP contribution in [0, 0.1) is 5.92 Å². The summed E-state index contributed by atoms with van der Waals surface area (Å²) in [5.74, 6) is -2.10. The Bertz CT molecular complexity index is 968. The molecule has 8 nitrogen and oxygen atoms in total. The topological polar surface area (TPSA) is 128 Å². The Morgan fingerprint density at radius 3 is 2.58 bits per heavy atom. The fourth-order valence-corrected chi connectivity index (χ4v) is 4.16. The molecule has 0 saturated carbocycles. The first-order valence-electron chi connectivity index (χ1n) is 9.91. The molecule has 2 heterocycles. The number of pyridine rings is 1. The van der Waals surface area contributed by atoms with Gasteiger partial charge in [-0.1, -0.05) is 19.1 Å². The number of hydrogen-bond donors (Lipinski definition) is 3. The Labute approximate surface area is 183 Å². The molecule has 2 aromatic rings. The van der Waals surface area contributed by atoms with Crippen molar-refractivity contribution in [1.29, 1.82) is 0 Å². The highest BCUT2D eigenvalue weighted by Gasteiger charge is 2.40. The Morgan fingerprint density at radius 1 is 1.19 bits per heavy atom. The lowest BCUT2D eigenvalue weighted by Gasteiger charge is -2.40. The second-order valence-corrected chi connectivity index (χ2v) is 8.56. The van der Waals surface area contributed by atoms with Crippen molar-refractivity contribution in [2.45, 2.75) is 43.4 Å². The number of carbonyl (C=O) groups excluding carboxylic acids is 3. The first kappa shape index (κ1) is 22.8. The van der Waals surface area contributed by atoms with Crippen LogP contribution in [0.1, 0.15) is 25.3 Å². The number of aromatic nitrogens is 1. The van der Waals surface area contributed by atoms with Gasteiger partial charge in [-0.25, -0.2) is 4.98 Å². The van der Waals surface area contributed by atoms with Crippen molar-refractivity contribution >= 4 is 28.6 Å². The Balaban J connectivity index is 1.52. The molecule has 3 unspecified atom stereocenters. The van der Waals surface area contributed by atoms with E-state index in [0.29, 0.717) is 23.6 Å². The molecule has 1 fully saturated rings. The largest absolute Gasteiger partial charge is 0.504 e. The van der Waals surface area contributed by atoms with Gasteiger partial charge in [-0.3, -0.25) is 14.4 Å². The van der Waals surface area contributed by atoms with Crippen LogP contribution in [0.5, 0.6) is 11.5 Å². The number of likely N-dealkylation sites (tertiary alicyclic amines) is 1. The van der Waals surface area contributed by atoms with E-state index in [-0.39, 0.29) is 35.4 Å². The number of Topliss-reactive ketones (excluding diaryl/α,β-unsaturated/α-hetero) is 1. The summed E-state index contributed by atoms with van der Waals surface area (Å²) in [5.41, 5.74) is 0.482. The van der Waals surface area contributed by atoms with Crippen LogP contribution in [0.15, 0.2) is 47.6 Å². The molecule has 1 amide bonds. The molecule has 3 N–H and O–H groups in total. The molecular formula is C22H24N2O6S. The number of ketones is 1. The maximum Gasteiger partial charge on any atom is 0.226 e. The normalized spacial score (nSPS) is 17.5. The molecule has 1 aromatic heterocycles. The highest BCUT2D eigenvalue weighted by atomic mass is 32.2. The second-order valence-electron chi connectivity index (χ2n) is 7.54. The maximum atomic E-state index is 12.7. The lowest BCUT2D eigenvalue weighted by atomic mass is 9.94. The minimum Gasteiger partial charge on any atom is -0.504 e. The van der Waals surface area contributed by atoms with Crippen molar-refractivity contribution < 1.29 is 29.7 Å². The number of phenols is 2. The van der Waals surface area contributed by atoms with Crippen LogP contribution >= 0.6 is 11.8 Å². The van der Waals surface area contributed by atoms with Crippen LogP contribution in [0.2, 0.25) is 0 Å². The number of rotatable bonds is 8. The molecule has 1 aliphatic rings. The minimum absolute atomic E-state index is 0.0425. The number of benzene rings is 1. The van der Waals surface area contributed by atoms with Gasteiger partial charge in [0.25, 0.3) is 0 Å². The first-order valence-corrected chi connectivity index (χ1v) is 10.7. The Morgan fingerprint density at radius 2 is 1.97 bits per heavy atom. The highest BCUT2D eigenvalue weighted by Crippen LogP contribution is 2.29. The third-order valence-corrected chi connectivity index (χ3v) is 6.11. The third kappa shape index (κ3) is 5.62. The van der Waals surface area contributed by atoms with E-state index in [1.54, 1.807) is 31.3 Å². The van der Waals surface area contributed by atoms with Crippen molar-refractivity contribution in [3.63, 3.8) is 0 Å². The van der Waals surface area contributed by atoms with Crippen molar-refractivity contribution in [2.75, 3.05) is 6.54 Å². The molecule has 164 valence electrons. The number of nitrogens with zero attached hydrogens (tertiary/aromatic N) is 2. The quantitative estimate of drug-likeness (QED) is 0.416. The minimum atomic E-state index is -1.34. The van der Waals surface area contributed by atoms with Crippen molar-refractivity contribution in [3.05, 3.63) is 48.2 Å². The molecule has 0 aliphatic carbocycles. The maximum absolute atomic E-state index is 12.7. The fourth-order valence-electron chi connectivity index (χ4n) is 3.32. The molecule has 0 spiro atoms. The van der Waals surface area contributed by atoms with Crippen LogP contribution in [0.3, 0.4) is 0 Å². The standard InChI is InChI=1S/C22H24N2O6S/c1-13(10-17(26)19(28)12-14-5-6-16(25)18(27)11-14)21(29)24-9-7-15(24)22(30)31-20-4-2-3-8-23-20/h2-6,8,11,13,15,19,25,27-28H,7,9-10,12H2,1H3. The van der Waals surface area contributed by atoms with Crippen LogP contribution in [-0.2, 0) is 20.8 Å². The van der Waals surface area contributed by atoms with E-state index in [1.165, 1.54) is 23.1 Å². The highest BCUT2D eigenvalue weighted by molar-refractivity contribution is 8.13. The fraction of sp³-hybridized carbons (Fsp3) is 0.364. The summed E-state index contributed by atoms with van der Waals surface area (Å²) in [6.45, 7) is 2.05.